The molecule has 1 fully saturated rings. The van der Waals surface area contributed by atoms with Crippen LogP contribution in [0.25, 0.3) is 0 Å². The zero-order valence-corrected chi connectivity index (χ0v) is 14.2. The van der Waals surface area contributed by atoms with Crippen LogP contribution in [0.5, 0.6) is 5.75 Å². The van der Waals surface area contributed by atoms with Crippen LogP contribution in [0.1, 0.15) is 27.7 Å². The van der Waals surface area contributed by atoms with Crippen molar-refractivity contribution in [2.24, 2.45) is 0 Å². The van der Waals surface area contributed by atoms with Gasteiger partial charge < -0.3 is 14.0 Å². The lowest BCUT2D eigenvalue weighted by Crippen LogP contribution is -2.41. The van der Waals surface area contributed by atoms with E-state index in [4.69, 9.17) is 24.7 Å². The lowest BCUT2D eigenvalue weighted by atomic mass is 9.79. The molecule has 1 aromatic rings. The number of hydrogen-bond donors (Lipinski definition) is 0. The predicted molar refractivity (Wildman–Crippen MR) is 81.7 cm³/mol. The van der Waals surface area contributed by atoms with E-state index in [2.05, 4.69) is 0 Å². The summed E-state index contributed by atoms with van der Waals surface area (Å²) in [5.74, 6) is 0.185. The monoisotopic (exact) mass is 332 g/mol. The molecular formula is C13H18BClO5S. The first-order chi connectivity index (χ1) is 9.48. The molecule has 2 rings (SSSR count). The Hall–Kier alpha value is -0.755. The largest absolute Gasteiger partial charge is 0.495 e. The molecule has 1 aromatic carbocycles. The fraction of sp³-hybridized carbons (Fsp3) is 0.538. The quantitative estimate of drug-likeness (QED) is 0.625. The molecule has 1 aliphatic rings. The van der Waals surface area contributed by atoms with E-state index in [1.54, 1.807) is 6.07 Å². The Balaban J connectivity index is 2.44. The Labute approximate surface area is 130 Å². The number of hydrogen-bond acceptors (Lipinski definition) is 5. The maximum Gasteiger partial charge on any atom is 0.494 e. The van der Waals surface area contributed by atoms with Crippen LogP contribution in [0.15, 0.2) is 23.1 Å². The highest BCUT2D eigenvalue weighted by Crippen LogP contribution is 2.37. The van der Waals surface area contributed by atoms with Crippen molar-refractivity contribution >= 4 is 32.3 Å². The zero-order valence-electron chi connectivity index (χ0n) is 12.6. The molecule has 5 nitrogen and oxygen atoms in total. The van der Waals surface area contributed by atoms with Crippen molar-refractivity contribution in [3.8, 4) is 5.75 Å². The van der Waals surface area contributed by atoms with Gasteiger partial charge in [0.2, 0.25) is 0 Å². The van der Waals surface area contributed by atoms with Crippen molar-refractivity contribution < 1.29 is 22.5 Å². The molecule has 0 bridgehead atoms. The number of ether oxygens (including phenoxy) is 1. The first kappa shape index (κ1) is 16.6. The highest BCUT2D eigenvalue weighted by atomic mass is 35.7. The molecule has 1 aliphatic heterocycles. The lowest BCUT2D eigenvalue weighted by Gasteiger charge is -2.32. The number of benzene rings is 1. The van der Waals surface area contributed by atoms with Crippen LogP contribution in [0.3, 0.4) is 0 Å². The summed E-state index contributed by atoms with van der Waals surface area (Å²) in [6.07, 6.45) is 0. The standard InChI is InChI=1S/C13H18BClO5S/c1-12(2)13(3,4)20-14(19-12)9-6-7-10(18-5)11(8-9)21(15,16)17/h6-8H,1-5H3. The van der Waals surface area contributed by atoms with Gasteiger partial charge in [0.05, 0.1) is 18.3 Å². The van der Waals surface area contributed by atoms with Crippen LogP contribution in [0.4, 0.5) is 0 Å². The van der Waals surface area contributed by atoms with Crippen molar-refractivity contribution in [2.75, 3.05) is 7.11 Å². The van der Waals surface area contributed by atoms with E-state index in [-0.39, 0.29) is 10.6 Å². The summed E-state index contributed by atoms with van der Waals surface area (Å²) in [5.41, 5.74) is -0.427. The molecule has 116 valence electrons. The summed E-state index contributed by atoms with van der Waals surface area (Å²) in [4.78, 5) is -0.0983. The summed E-state index contributed by atoms with van der Waals surface area (Å²) in [6.45, 7) is 7.71. The predicted octanol–water partition coefficient (Wildman–Crippen LogP) is 1.92. The van der Waals surface area contributed by atoms with Gasteiger partial charge >= 0.3 is 7.12 Å². The first-order valence-electron chi connectivity index (χ1n) is 6.46. The Morgan fingerprint density at radius 1 is 1.14 bits per heavy atom. The van der Waals surface area contributed by atoms with E-state index in [0.717, 1.165) is 0 Å². The molecule has 0 spiro atoms. The van der Waals surface area contributed by atoms with Gasteiger partial charge in [0.15, 0.2) is 0 Å². The van der Waals surface area contributed by atoms with E-state index < -0.39 is 27.4 Å². The van der Waals surface area contributed by atoms with Crippen molar-refractivity contribution in [1.29, 1.82) is 0 Å². The van der Waals surface area contributed by atoms with Gasteiger partial charge in [-0.25, -0.2) is 8.42 Å². The summed E-state index contributed by atoms with van der Waals surface area (Å²) in [6, 6.07) is 4.66. The lowest BCUT2D eigenvalue weighted by molar-refractivity contribution is 0.00578. The van der Waals surface area contributed by atoms with E-state index in [1.165, 1.54) is 19.2 Å². The maximum absolute atomic E-state index is 11.6. The minimum atomic E-state index is -3.92. The normalized spacial score (nSPS) is 20.6. The van der Waals surface area contributed by atoms with E-state index in [0.29, 0.717) is 5.46 Å². The third kappa shape index (κ3) is 3.06. The fourth-order valence-electron chi connectivity index (χ4n) is 2.01. The van der Waals surface area contributed by atoms with Crippen LogP contribution < -0.4 is 10.2 Å². The van der Waals surface area contributed by atoms with Crippen LogP contribution in [-0.4, -0.2) is 33.8 Å². The smallest absolute Gasteiger partial charge is 0.494 e. The molecule has 0 aromatic heterocycles. The highest BCUT2D eigenvalue weighted by molar-refractivity contribution is 8.13. The molecule has 0 N–H and O–H groups in total. The average Bonchev–Trinajstić information content (AvgIpc) is 2.56. The van der Waals surface area contributed by atoms with Gasteiger partial charge in [-0.3, -0.25) is 0 Å². The molecule has 21 heavy (non-hydrogen) atoms. The summed E-state index contributed by atoms with van der Waals surface area (Å²) in [5, 5.41) is 0. The minimum absolute atomic E-state index is 0.0983. The summed E-state index contributed by atoms with van der Waals surface area (Å²) < 4.78 is 40.1. The summed E-state index contributed by atoms with van der Waals surface area (Å²) in [7, 11) is 2.25. The highest BCUT2D eigenvalue weighted by Gasteiger charge is 2.51. The Bertz CT molecular complexity index is 641. The number of halogens is 1. The molecule has 1 heterocycles. The average molecular weight is 333 g/mol. The molecule has 0 atom stereocenters. The maximum atomic E-state index is 11.6. The van der Waals surface area contributed by atoms with E-state index >= 15 is 0 Å². The molecule has 0 saturated carbocycles. The second-order valence-corrected chi connectivity index (χ2v) is 8.47. The SMILES string of the molecule is COc1ccc(B2OC(C)(C)C(C)(C)O2)cc1S(=O)(=O)Cl. The van der Waals surface area contributed by atoms with E-state index in [1.807, 2.05) is 27.7 Å². The first-order valence-corrected chi connectivity index (χ1v) is 8.77. The van der Waals surface area contributed by atoms with Gasteiger partial charge in [0.25, 0.3) is 9.05 Å². The van der Waals surface area contributed by atoms with Gasteiger partial charge in [0.1, 0.15) is 10.6 Å². The second-order valence-electron chi connectivity index (χ2n) is 5.94. The van der Waals surface area contributed by atoms with Gasteiger partial charge in [-0.1, -0.05) is 6.07 Å². The van der Waals surface area contributed by atoms with Crippen LogP contribution >= 0.6 is 10.7 Å². The van der Waals surface area contributed by atoms with Gasteiger partial charge in [0, 0.05) is 10.7 Å². The van der Waals surface area contributed by atoms with Gasteiger partial charge in [-0.15, -0.1) is 0 Å². The fourth-order valence-corrected chi connectivity index (χ4v) is 3.04. The molecular weight excluding hydrogens is 314 g/mol. The molecule has 0 radical (unpaired) electrons. The molecule has 0 unspecified atom stereocenters. The topological polar surface area (TPSA) is 61.8 Å². The van der Waals surface area contributed by atoms with Crippen LogP contribution in [0.2, 0.25) is 0 Å². The zero-order chi connectivity index (χ0) is 16.1. The Morgan fingerprint density at radius 2 is 1.67 bits per heavy atom. The number of methoxy groups -OCH3 is 1. The third-order valence-electron chi connectivity index (χ3n) is 3.98. The molecule has 0 aliphatic carbocycles. The van der Waals surface area contributed by atoms with Crippen molar-refractivity contribution in [3.05, 3.63) is 18.2 Å². The van der Waals surface area contributed by atoms with Crippen molar-refractivity contribution in [1.82, 2.24) is 0 Å². The minimum Gasteiger partial charge on any atom is -0.495 e. The van der Waals surface area contributed by atoms with Gasteiger partial charge in [-0.05, 0) is 45.3 Å². The number of rotatable bonds is 3. The Kier molecular flexibility index (Phi) is 4.08. The molecule has 0 amide bonds. The van der Waals surface area contributed by atoms with Crippen LogP contribution in [-0.2, 0) is 18.4 Å². The molecule has 8 heteroatoms. The van der Waals surface area contributed by atoms with Crippen molar-refractivity contribution in [3.63, 3.8) is 0 Å². The van der Waals surface area contributed by atoms with Crippen molar-refractivity contribution in [2.45, 2.75) is 43.8 Å². The van der Waals surface area contributed by atoms with E-state index in [9.17, 15) is 8.42 Å². The van der Waals surface area contributed by atoms with Crippen LogP contribution in [0, 0.1) is 0 Å². The third-order valence-corrected chi connectivity index (χ3v) is 5.32. The van der Waals surface area contributed by atoms with Gasteiger partial charge in [-0.2, -0.15) is 0 Å². The Morgan fingerprint density at radius 3 is 2.10 bits per heavy atom. The second kappa shape index (κ2) is 5.16. The summed E-state index contributed by atoms with van der Waals surface area (Å²) >= 11 is 0. The molecule has 1 saturated heterocycles.